The maximum absolute atomic E-state index is 14.7. The standard InChI is InChI=1S/C44H49N5O9S/c50-40-35-23-30(56-37-24-34(27-13-5-4-6-14-27)45-38-32-18-11-12-20-36(32)58-39(37)38)26-49(35)41(51)33(46-43(53)57-29-16-9-10-17-29)19-8-3-1-2-7-15-28-25-44(28,47-40)42(52)48-59(54,55)31-21-22-31/h4-7,11-15,18,20,24,28-31,33,35H,1-3,8-10,16-17,19,21-23,25-26H2,(H,46,53)(H,47,50)(H,48,52)/b15-7-/t28-,30+,33-,35-,44+/m0/s1. The summed E-state index contributed by atoms with van der Waals surface area (Å²) in [6.07, 6.45) is 10.1. The summed E-state index contributed by atoms with van der Waals surface area (Å²) in [5, 5.41) is 5.93. The molecule has 4 aromatic rings. The van der Waals surface area contributed by atoms with Crippen molar-refractivity contribution in [2.75, 3.05) is 6.54 Å². The number of hydrogen-bond acceptors (Lipinski definition) is 10. The summed E-state index contributed by atoms with van der Waals surface area (Å²) in [7, 11) is -3.90. The van der Waals surface area contributed by atoms with Crippen LogP contribution in [0, 0.1) is 5.92 Å². The number of benzene rings is 2. The monoisotopic (exact) mass is 823 g/mol. The van der Waals surface area contributed by atoms with E-state index in [0.717, 1.165) is 49.5 Å². The predicted octanol–water partition coefficient (Wildman–Crippen LogP) is 6.04. The highest BCUT2D eigenvalue weighted by molar-refractivity contribution is 7.91. The van der Waals surface area contributed by atoms with Crippen LogP contribution in [0.5, 0.6) is 5.75 Å². The van der Waals surface area contributed by atoms with Crippen LogP contribution in [0.2, 0.25) is 0 Å². The summed E-state index contributed by atoms with van der Waals surface area (Å²) in [5.74, 6) is -1.92. The predicted molar refractivity (Wildman–Crippen MR) is 218 cm³/mol. The minimum absolute atomic E-state index is 0.0178. The number of rotatable bonds is 8. The molecule has 2 aromatic carbocycles. The number of aromatic nitrogens is 1. The molecule has 2 aromatic heterocycles. The van der Waals surface area contributed by atoms with Gasteiger partial charge in [-0.05, 0) is 76.3 Å². The van der Waals surface area contributed by atoms with Gasteiger partial charge in [-0.25, -0.2) is 18.2 Å². The van der Waals surface area contributed by atoms with Crippen molar-refractivity contribution in [3.63, 3.8) is 0 Å². The zero-order valence-electron chi connectivity index (χ0n) is 32.8. The number of fused-ring (bicyclic) bond motifs is 5. The van der Waals surface area contributed by atoms with Crippen molar-refractivity contribution in [3.8, 4) is 17.0 Å². The van der Waals surface area contributed by atoms with E-state index in [1.165, 1.54) is 4.90 Å². The molecule has 0 radical (unpaired) electrons. The Hall–Kier alpha value is -5.44. The molecule has 14 nitrogen and oxygen atoms in total. The summed E-state index contributed by atoms with van der Waals surface area (Å²) < 4.78 is 46.9. The highest BCUT2D eigenvalue weighted by Crippen LogP contribution is 2.46. The number of sulfonamides is 1. The van der Waals surface area contributed by atoms with E-state index in [9.17, 15) is 27.6 Å². The molecule has 1 saturated heterocycles. The first-order valence-electron chi connectivity index (χ1n) is 20.9. The molecule has 5 aliphatic rings. The third kappa shape index (κ3) is 8.13. The van der Waals surface area contributed by atoms with E-state index < -0.39 is 68.7 Å². The topological polar surface area (TPSA) is 186 Å². The highest BCUT2D eigenvalue weighted by atomic mass is 32.2. The molecule has 9 rings (SSSR count). The number of nitrogens with one attached hydrogen (secondary N) is 3. The van der Waals surface area contributed by atoms with E-state index >= 15 is 0 Å². The Morgan fingerprint density at radius 1 is 0.915 bits per heavy atom. The molecule has 4 heterocycles. The number of ether oxygens (including phenoxy) is 2. The van der Waals surface area contributed by atoms with E-state index in [-0.39, 0.29) is 25.5 Å². The summed E-state index contributed by atoms with van der Waals surface area (Å²) in [5.41, 5.74) is 1.64. The van der Waals surface area contributed by atoms with Crippen molar-refractivity contribution in [1.29, 1.82) is 0 Å². The third-order valence-electron chi connectivity index (χ3n) is 12.4. The van der Waals surface area contributed by atoms with Crippen LogP contribution in [0.4, 0.5) is 4.79 Å². The van der Waals surface area contributed by atoms with Crippen LogP contribution in [-0.2, 0) is 29.1 Å². The number of allylic oxidation sites excluding steroid dienone is 1. The van der Waals surface area contributed by atoms with Crippen LogP contribution < -0.4 is 20.1 Å². The SMILES string of the molecule is O=C(N[C@H]1CCCCC/C=C\[C@H]2C[C@@]2(C(=O)NS(=O)(=O)C2CC2)NC(=O)[C@@H]2C[C@@H](Oc3cc(-c4ccccc4)nc4c3oc3ccccc34)CN2C1=O)OC1CCCC1. The van der Waals surface area contributed by atoms with Crippen LogP contribution in [0.15, 0.2) is 77.2 Å². The number of furan rings is 1. The van der Waals surface area contributed by atoms with E-state index in [2.05, 4.69) is 15.4 Å². The Kier molecular flexibility index (Phi) is 10.6. The van der Waals surface area contributed by atoms with Crippen molar-refractivity contribution in [2.45, 2.75) is 119 Å². The molecule has 4 fully saturated rings. The van der Waals surface area contributed by atoms with Gasteiger partial charge in [0.2, 0.25) is 21.8 Å². The fourth-order valence-electron chi connectivity index (χ4n) is 8.86. The minimum atomic E-state index is -3.90. The average Bonchev–Trinajstić information content (AvgIpc) is 4.04. The van der Waals surface area contributed by atoms with Gasteiger partial charge in [-0.15, -0.1) is 0 Å². The van der Waals surface area contributed by atoms with Gasteiger partial charge in [0.1, 0.15) is 40.9 Å². The van der Waals surface area contributed by atoms with E-state index in [1.807, 2.05) is 66.7 Å². The lowest BCUT2D eigenvalue weighted by molar-refractivity contribution is -0.141. The van der Waals surface area contributed by atoms with Crippen molar-refractivity contribution in [3.05, 3.63) is 72.8 Å². The van der Waals surface area contributed by atoms with E-state index in [1.54, 1.807) is 6.07 Å². The number of amides is 4. The minimum Gasteiger partial charge on any atom is -0.484 e. The Labute approximate surface area is 342 Å². The van der Waals surface area contributed by atoms with Gasteiger partial charge in [0.25, 0.3) is 5.91 Å². The van der Waals surface area contributed by atoms with Gasteiger partial charge in [0.05, 0.1) is 17.5 Å². The molecule has 3 saturated carbocycles. The second-order valence-corrected chi connectivity index (χ2v) is 18.6. The largest absolute Gasteiger partial charge is 0.484 e. The summed E-state index contributed by atoms with van der Waals surface area (Å²) in [4.78, 5) is 62.8. The summed E-state index contributed by atoms with van der Waals surface area (Å²) in [6.45, 7) is -0.0178. The van der Waals surface area contributed by atoms with Gasteiger partial charge in [-0.1, -0.05) is 67.5 Å². The summed E-state index contributed by atoms with van der Waals surface area (Å²) in [6, 6.07) is 16.9. The number of para-hydroxylation sites is 1. The normalized spacial score (nSPS) is 27.2. The molecule has 0 spiro atoms. The van der Waals surface area contributed by atoms with Gasteiger partial charge < -0.3 is 29.4 Å². The zero-order chi connectivity index (χ0) is 40.7. The Morgan fingerprint density at radius 2 is 1.68 bits per heavy atom. The summed E-state index contributed by atoms with van der Waals surface area (Å²) >= 11 is 0. The first kappa shape index (κ1) is 39.0. The van der Waals surface area contributed by atoms with Crippen molar-refractivity contribution in [2.24, 2.45) is 5.92 Å². The van der Waals surface area contributed by atoms with Gasteiger partial charge in [0, 0.05) is 29.4 Å². The number of hydrogen-bond donors (Lipinski definition) is 3. The first-order chi connectivity index (χ1) is 28.6. The van der Waals surface area contributed by atoms with Gasteiger partial charge >= 0.3 is 6.09 Å². The Morgan fingerprint density at radius 3 is 2.47 bits per heavy atom. The fourth-order valence-corrected chi connectivity index (χ4v) is 10.2. The number of pyridine rings is 1. The molecule has 0 bridgehead atoms. The van der Waals surface area contributed by atoms with E-state index in [0.29, 0.717) is 60.2 Å². The molecular weight excluding hydrogens is 775 g/mol. The van der Waals surface area contributed by atoms with Crippen LogP contribution in [0.1, 0.15) is 83.5 Å². The number of alkyl carbamates (subject to hydrolysis) is 1. The van der Waals surface area contributed by atoms with Gasteiger partial charge in [-0.3, -0.25) is 19.1 Å². The third-order valence-corrected chi connectivity index (χ3v) is 14.2. The highest BCUT2D eigenvalue weighted by Gasteiger charge is 2.62. The maximum Gasteiger partial charge on any atom is 0.408 e. The quantitative estimate of drug-likeness (QED) is 0.177. The molecule has 0 unspecified atom stereocenters. The van der Waals surface area contributed by atoms with Crippen LogP contribution >= 0.6 is 0 Å². The zero-order valence-corrected chi connectivity index (χ0v) is 33.6. The molecule has 59 heavy (non-hydrogen) atoms. The molecular formula is C44H49N5O9S. The average molecular weight is 824 g/mol. The Balaban J connectivity index is 1.05. The van der Waals surface area contributed by atoms with Crippen molar-refractivity contribution < 1.29 is 41.5 Å². The molecule has 3 aliphatic carbocycles. The molecule has 4 amide bonds. The molecule has 15 heteroatoms. The molecule has 2 aliphatic heterocycles. The lowest BCUT2D eigenvalue weighted by Crippen LogP contribution is -2.58. The molecule has 5 atom stereocenters. The Bertz CT molecular complexity index is 2410. The molecule has 310 valence electrons. The van der Waals surface area contributed by atoms with Gasteiger partial charge in [-0.2, -0.15) is 0 Å². The van der Waals surface area contributed by atoms with Crippen LogP contribution in [-0.4, -0.2) is 83.7 Å². The number of carbonyl (C=O) groups excluding carboxylic acids is 4. The van der Waals surface area contributed by atoms with E-state index in [4.69, 9.17) is 18.9 Å². The lowest BCUT2D eigenvalue weighted by atomic mass is 10.0. The number of carbonyl (C=O) groups is 4. The van der Waals surface area contributed by atoms with Crippen LogP contribution in [0.3, 0.4) is 0 Å². The van der Waals surface area contributed by atoms with Crippen molar-refractivity contribution >= 4 is 55.9 Å². The second kappa shape index (κ2) is 16.0. The lowest BCUT2D eigenvalue weighted by Gasteiger charge is -2.30. The first-order valence-corrected chi connectivity index (χ1v) is 22.5. The molecule has 3 N–H and O–H groups in total. The smallest absolute Gasteiger partial charge is 0.408 e. The van der Waals surface area contributed by atoms with Crippen LogP contribution in [0.25, 0.3) is 33.3 Å². The van der Waals surface area contributed by atoms with Crippen molar-refractivity contribution in [1.82, 2.24) is 25.2 Å². The maximum atomic E-state index is 14.7. The second-order valence-electron chi connectivity index (χ2n) is 16.7. The fraction of sp³-hybridized carbons (Fsp3) is 0.477. The number of nitrogens with zero attached hydrogens (tertiary/aromatic N) is 2. The van der Waals surface area contributed by atoms with Gasteiger partial charge in [0.15, 0.2) is 11.3 Å².